The molecule has 4 nitrogen and oxygen atoms in total. The lowest BCUT2D eigenvalue weighted by atomic mass is 10.3. The number of nitrogens with zero attached hydrogens (tertiary/aromatic N) is 2. The maximum Gasteiger partial charge on any atom is 0.0626 e. The number of rotatable bonds is 8. The van der Waals surface area contributed by atoms with Crippen LogP contribution in [-0.4, -0.2) is 42.0 Å². The molecule has 86 valence electrons. The first-order valence-electron chi connectivity index (χ1n) is 5.14. The predicted molar refractivity (Wildman–Crippen MR) is 61.2 cm³/mol. The number of ether oxygens (including phenoxy) is 1. The van der Waals surface area contributed by atoms with Crippen LogP contribution in [0.2, 0.25) is 0 Å². The van der Waals surface area contributed by atoms with Gasteiger partial charge >= 0.3 is 0 Å². The summed E-state index contributed by atoms with van der Waals surface area (Å²) in [6.07, 6.45) is 4.67. The minimum Gasteiger partial charge on any atom is -0.383 e. The summed E-state index contributed by atoms with van der Waals surface area (Å²) in [7, 11) is 1.67. The van der Waals surface area contributed by atoms with Crippen LogP contribution in [0.5, 0.6) is 0 Å². The zero-order valence-corrected chi connectivity index (χ0v) is 9.78. The Morgan fingerprint density at radius 3 is 3.07 bits per heavy atom. The maximum atomic E-state index is 5.98. The van der Waals surface area contributed by atoms with Crippen molar-refractivity contribution in [3.05, 3.63) is 18.5 Å². The van der Waals surface area contributed by atoms with Gasteiger partial charge in [0.25, 0.3) is 0 Å². The minimum absolute atomic E-state index is 0.104. The number of hydrogen-bond acceptors (Lipinski definition) is 3. The van der Waals surface area contributed by atoms with Crippen molar-refractivity contribution in [3.8, 4) is 0 Å². The third kappa shape index (κ3) is 5.77. The number of nitrogens with one attached hydrogen (secondary N) is 1. The SMILES string of the molecule is COCC(Cl)CCNCCn1cccn1. The van der Waals surface area contributed by atoms with Crippen LogP contribution >= 0.6 is 11.6 Å². The first kappa shape index (κ1) is 12.5. The molecule has 1 N–H and O–H groups in total. The smallest absolute Gasteiger partial charge is 0.0626 e. The van der Waals surface area contributed by atoms with E-state index in [4.69, 9.17) is 16.3 Å². The molecule has 0 aromatic carbocycles. The lowest BCUT2D eigenvalue weighted by Gasteiger charge is -2.09. The van der Waals surface area contributed by atoms with Crippen LogP contribution in [0, 0.1) is 0 Å². The number of aromatic nitrogens is 2. The van der Waals surface area contributed by atoms with Gasteiger partial charge in [-0.15, -0.1) is 11.6 Å². The molecule has 1 atom stereocenters. The molecule has 0 fully saturated rings. The van der Waals surface area contributed by atoms with E-state index in [1.54, 1.807) is 13.3 Å². The van der Waals surface area contributed by atoms with Crippen LogP contribution in [0.3, 0.4) is 0 Å². The van der Waals surface area contributed by atoms with Crippen molar-refractivity contribution in [2.45, 2.75) is 18.3 Å². The fourth-order valence-electron chi connectivity index (χ4n) is 1.27. The summed E-state index contributed by atoms with van der Waals surface area (Å²) in [6.45, 7) is 3.34. The Morgan fingerprint density at radius 1 is 1.53 bits per heavy atom. The van der Waals surface area contributed by atoms with Crippen molar-refractivity contribution in [2.75, 3.05) is 26.8 Å². The monoisotopic (exact) mass is 231 g/mol. The Kier molecular flexibility index (Phi) is 6.39. The molecule has 0 aliphatic heterocycles. The highest BCUT2D eigenvalue weighted by atomic mass is 35.5. The van der Waals surface area contributed by atoms with Gasteiger partial charge in [-0.05, 0) is 19.0 Å². The first-order chi connectivity index (χ1) is 7.33. The minimum atomic E-state index is 0.104. The molecule has 0 saturated heterocycles. The third-order valence-electron chi connectivity index (χ3n) is 2.06. The van der Waals surface area contributed by atoms with E-state index in [0.717, 1.165) is 26.1 Å². The van der Waals surface area contributed by atoms with Crippen LogP contribution < -0.4 is 5.32 Å². The summed E-state index contributed by atoms with van der Waals surface area (Å²) in [5.74, 6) is 0. The molecule has 1 heterocycles. The summed E-state index contributed by atoms with van der Waals surface area (Å²) < 4.78 is 6.85. The van der Waals surface area contributed by atoms with E-state index in [0.29, 0.717) is 6.61 Å². The van der Waals surface area contributed by atoms with Gasteiger partial charge in [-0.2, -0.15) is 5.10 Å². The molecule has 0 aliphatic rings. The Labute approximate surface area is 95.6 Å². The lowest BCUT2D eigenvalue weighted by molar-refractivity contribution is 0.195. The van der Waals surface area contributed by atoms with Crippen molar-refractivity contribution < 1.29 is 4.74 Å². The quantitative estimate of drug-likeness (QED) is 0.538. The highest BCUT2D eigenvalue weighted by molar-refractivity contribution is 6.20. The van der Waals surface area contributed by atoms with Gasteiger partial charge in [0.15, 0.2) is 0 Å². The van der Waals surface area contributed by atoms with Gasteiger partial charge in [0.05, 0.1) is 18.5 Å². The summed E-state index contributed by atoms with van der Waals surface area (Å²) >= 11 is 5.98. The number of methoxy groups -OCH3 is 1. The average Bonchev–Trinajstić information content (AvgIpc) is 2.70. The molecule has 1 rings (SSSR count). The number of alkyl halides is 1. The van der Waals surface area contributed by atoms with Crippen LogP contribution in [0.15, 0.2) is 18.5 Å². The second kappa shape index (κ2) is 7.68. The summed E-state index contributed by atoms with van der Waals surface area (Å²) in [4.78, 5) is 0. The van der Waals surface area contributed by atoms with Crippen molar-refractivity contribution in [2.24, 2.45) is 0 Å². The summed E-state index contributed by atoms with van der Waals surface area (Å²) in [6, 6.07) is 1.92. The molecule has 15 heavy (non-hydrogen) atoms. The van der Waals surface area contributed by atoms with E-state index in [2.05, 4.69) is 10.4 Å². The molecule has 0 bridgehead atoms. The molecule has 0 saturated carbocycles. The van der Waals surface area contributed by atoms with Crippen LogP contribution in [0.1, 0.15) is 6.42 Å². The van der Waals surface area contributed by atoms with Gasteiger partial charge in [-0.1, -0.05) is 0 Å². The predicted octanol–water partition coefficient (Wildman–Crippen LogP) is 1.12. The molecule has 1 unspecified atom stereocenters. The zero-order valence-electron chi connectivity index (χ0n) is 9.03. The fraction of sp³-hybridized carbons (Fsp3) is 0.700. The van der Waals surface area contributed by atoms with Gasteiger partial charge in [-0.25, -0.2) is 0 Å². The number of halogens is 1. The van der Waals surface area contributed by atoms with E-state index in [9.17, 15) is 0 Å². The number of hydrogen-bond donors (Lipinski definition) is 1. The second-order valence-electron chi connectivity index (χ2n) is 3.36. The van der Waals surface area contributed by atoms with Crippen molar-refractivity contribution in [1.29, 1.82) is 0 Å². The Morgan fingerprint density at radius 2 is 2.40 bits per heavy atom. The summed E-state index contributed by atoms with van der Waals surface area (Å²) in [5, 5.41) is 7.53. The van der Waals surface area contributed by atoms with Crippen molar-refractivity contribution in [3.63, 3.8) is 0 Å². The largest absolute Gasteiger partial charge is 0.383 e. The topological polar surface area (TPSA) is 39.1 Å². The van der Waals surface area contributed by atoms with E-state index in [-0.39, 0.29) is 5.38 Å². The molecular weight excluding hydrogens is 214 g/mol. The fourth-order valence-corrected chi connectivity index (χ4v) is 1.51. The zero-order chi connectivity index (χ0) is 10.9. The molecular formula is C10H18ClN3O. The molecule has 5 heteroatoms. The standard InChI is InChI=1S/C10H18ClN3O/c1-15-9-10(11)3-5-12-6-8-14-7-2-4-13-14/h2,4,7,10,12H,3,5-6,8-9H2,1H3. The average molecular weight is 232 g/mol. The van der Waals surface area contributed by atoms with E-state index < -0.39 is 0 Å². The second-order valence-corrected chi connectivity index (χ2v) is 3.98. The molecule has 0 aliphatic carbocycles. The first-order valence-corrected chi connectivity index (χ1v) is 5.57. The van der Waals surface area contributed by atoms with Gasteiger partial charge < -0.3 is 10.1 Å². The van der Waals surface area contributed by atoms with Gasteiger partial charge in [0.2, 0.25) is 0 Å². The van der Waals surface area contributed by atoms with Gasteiger partial charge in [-0.3, -0.25) is 4.68 Å². The van der Waals surface area contributed by atoms with Gasteiger partial charge in [0.1, 0.15) is 0 Å². The Hall–Kier alpha value is -0.580. The van der Waals surface area contributed by atoms with Gasteiger partial charge in [0, 0.05) is 26.0 Å². The van der Waals surface area contributed by atoms with E-state index in [1.165, 1.54) is 0 Å². The van der Waals surface area contributed by atoms with Crippen LogP contribution in [0.25, 0.3) is 0 Å². The van der Waals surface area contributed by atoms with E-state index >= 15 is 0 Å². The highest BCUT2D eigenvalue weighted by Crippen LogP contribution is 2.00. The molecule has 0 amide bonds. The molecule has 0 radical (unpaired) electrons. The van der Waals surface area contributed by atoms with Crippen molar-refractivity contribution in [1.82, 2.24) is 15.1 Å². The van der Waals surface area contributed by atoms with E-state index in [1.807, 2.05) is 16.9 Å². The van der Waals surface area contributed by atoms with Crippen molar-refractivity contribution >= 4 is 11.6 Å². The molecule has 1 aromatic rings. The maximum absolute atomic E-state index is 5.98. The lowest BCUT2D eigenvalue weighted by Crippen LogP contribution is -2.24. The normalized spacial score (nSPS) is 12.9. The summed E-state index contributed by atoms with van der Waals surface area (Å²) in [5.41, 5.74) is 0. The highest BCUT2D eigenvalue weighted by Gasteiger charge is 2.02. The van der Waals surface area contributed by atoms with Crippen LogP contribution in [0.4, 0.5) is 0 Å². The third-order valence-corrected chi connectivity index (χ3v) is 2.40. The molecule has 0 spiro atoms. The molecule has 1 aromatic heterocycles. The Bertz CT molecular complexity index is 241. The van der Waals surface area contributed by atoms with Crippen LogP contribution in [-0.2, 0) is 11.3 Å². The Balaban J connectivity index is 1.93.